The van der Waals surface area contributed by atoms with Gasteiger partial charge in [-0.3, -0.25) is 0 Å². The van der Waals surface area contributed by atoms with Gasteiger partial charge in [0.2, 0.25) is 5.95 Å². The summed E-state index contributed by atoms with van der Waals surface area (Å²) in [6.45, 7) is 12.1. The van der Waals surface area contributed by atoms with E-state index >= 15 is 0 Å². The van der Waals surface area contributed by atoms with Gasteiger partial charge in [-0.15, -0.1) is 11.3 Å². The summed E-state index contributed by atoms with van der Waals surface area (Å²) in [5.41, 5.74) is 0. The number of nitrogens with one attached hydrogen (secondary N) is 1. The maximum absolute atomic E-state index is 4.81. The van der Waals surface area contributed by atoms with Crippen LogP contribution < -0.4 is 10.2 Å². The monoisotopic (exact) mass is 304 g/mol. The van der Waals surface area contributed by atoms with Gasteiger partial charge in [0.1, 0.15) is 10.6 Å². The Bertz CT molecular complexity index is 626. The van der Waals surface area contributed by atoms with Gasteiger partial charge in [-0.2, -0.15) is 4.98 Å². The van der Waals surface area contributed by atoms with E-state index < -0.39 is 0 Å². The highest BCUT2D eigenvalue weighted by Crippen LogP contribution is 2.35. The third-order valence-electron chi connectivity index (χ3n) is 4.32. The van der Waals surface area contributed by atoms with Crippen molar-refractivity contribution in [3.63, 3.8) is 0 Å². The number of thiophene rings is 1. The second-order valence-corrected chi connectivity index (χ2v) is 7.47. The number of hydrogen-bond acceptors (Lipinski definition) is 5. The fourth-order valence-corrected chi connectivity index (χ4v) is 3.76. The summed E-state index contributed by atoms with van der Waals surface area (Å²) in [7, 11) is 0. The summed E-state index contributed by atoms with van der Waals surface area (Å²) in [6, 6.07) is 2.23. The van der Waals surface area contributed by atoms with Crippen LogP contribution in [0.25, 0.3) is 10.2 Å². The van der Waals surface area contributed by atoms with Gasteiger partial charge in [-0.05, 0) is 31.2 Å². The highest BCUT2D eigenvalue weighted by Gasteiger charge is 2.28. The highest BCUT2D eigenvalue weighted by molar-refractivity contribution is 7.18. The van der Waals surface area contributed by atoms with Crippen LogP contribution in [-0.2, 0) is 0 Å². The number of aryl methyl sites for hydroxylation is 1. The molecule has 1 aliphatic rings. The second kappa shape index (κ2) is 5.79. The second-order valence-electron chi connectivity index (χ2n) is 6.23. The lowest BCUT2D eigenvalue weighted by Gasteiger charge is -2.19. The SMILES string of the molecule is CCCNc1nc(N2CC(C)C(C)C2)c2cc(C)sc2n1. The quantitative estimate of drug-likeness (QED) is 0.929. The van der Waals surface area contributed by atoms with E-state index in [1.54, 1.807) is 11.3 Å². The number of aromatic nitrogens is 2. The molecular formula is C16H24N4S. The molecule has 2 aromatic heterocycles. The van der Waals surface area contributed by atoms with Crippen LogP contribution in [0.1, 0.15) is 32.1 Å². The van der Waals surface area contributed by atoms with E-state index in [2.05, 4.69) is 49.0 Å². The van der Waals surface area contributed by atoms with Crippen LogP contribution in [0.2, 0.25) is 0 Å². The first kappa shape index (κ1) is 14.6. The zero-order chi connectivity index (χ0) is 15.0. The molecule has 1 aliphatic heterocycles. The predicted octanol–water partition coefficient (Wildman–Crippen LogP) is 3.91. The molecule has 0 aromatic carbocycles. The van der Waals surface area contributed by atoms with E-state index in [-0.39, 0.29) is 0 Å². The summed E-state index contributed by atoms with van der Waals surface area (Å²) in [5, 5.41) is 4.55. The molecule has 4 nitrogen and oxygen atoms in total. The van der Waals surface area contributed by atoms with Crippen molar-refractivity contribution in [1.29, 1.82) is 0 Å². The molecule has 1 fully saturated rings. The predicted molar refractivity (Wildman–Crippen MR) is 91.5 cm³/mol. The van der Waals surface area contributed by atoms with E-state index in [1.165, 1.54) is 10.3 Å². The number of anilines is 2. The average Bonchev–Trinajstić information content (AvgIpc) is 2.98. The lowest BCUT2D eigenvalue weighted by molar-refractivity contribution is 0.494. The molecule has 5 heteroatoms. The largest absolute Gasteiger partial charge is 0.355 e. The van der Waals surface area contributed by atoms with Crippen molar-refractivity contribution >= 4 is 33.3 Å². The molecule has 0 saturated carbocycles. The first-order valence-corrected chi connectivity index (χ1v) is 8.67. The molecule has 2 atom stereocenters. The topological polar surface area (TPSA) is 41.1 Å². The Balaban J connectivity index is 2.02. The fourth-order valence-electron chi connectivity index (χ4n) is 2.89. The molecule has 3 heterocycles. The summed E-state index contributed by atoms with van der Waals surface area (Å²) in [6.07, 6.45) is 1.08. The van der Waals surface area contributed by atoms with Crippen molar-refractivity contribution < 1.29 is 0 Å². The zero-order valence-electron chi connectivity index (χ0n) is 13.3. The van der Waals surface area contributed by atoms with Crippen LogP contribution in [-0.4, -0.2) is 29.6 Å². The standard InChI is InChI=1S/C16H24N4S/c1-5-6-17-16-18-14(20-8-10(2)11(3)9-20)13-7-12(4)21-15(13)19-16/h7,10-11H,5-6,8-9H2,1-4H3,(H,17,18,19). The van der Waals surface area contributed by atoms with E-state index in [1.807, 2.05) is 0 Å². The minimum Gasteiger partial charge on any atom is -0.355 e. The summed E-state index contributed by atoms with van der Waals surface area (Å²) in [4.78, 5) is 14.3. The summed E-state index contributed by atoms with van der Waals surface area (Å²) in [5.74, 6) is 3.33. The van der Waals surface area contributed by atoms with Crippen molar-refractivity contribution in [2.24, 2.45) is 11.8 Å². The van der Waals surface area contributed by atoms with Crippen LogP contribution in [0.15, 0.2) is 6.07 Å². The van der Waals surface area contributed by atoms with Gasteiger partial charge in [-0.1, -0.05) is 20.8 Å². The normalized spacial score (nSPS) is 22.2. The molecule has 1 N–H and O–H groups in total. The van der Waals surface area contributed by atoms with Gasteiger partial charge in [-0.25, -0.2) is 4.98 Å². The molecule has 0 amide bonds. The smallest absolute Gasteiger partial charge is 0.226 e. The Kier molecular flexibility index (Phi) is 4.02. The van der Waals surface area contributed by atoms with Gasteiger partial charge in [0.15, 0.2) is 0 Å². The van der Waals surface area contributed by atoms with Crippen LogP contribution in [0.3, 0.4) is 0 Å². The van der Waals surface area contributed by atoms with Crippen molar-refractivity contribution in [2.75, 3.05) is 29.9 Å². The molecule has 0 aliphatic carbocycles. The number of hydrogen-bond donors (Lipinski definition) is 1. The number of rotatable bonds is 4. The zero-order valence-corrected chi connectivity index (χ0v) is 14.1. The molecule has 2 aromatic rings. The Hall–Kier alpha value is -1.36. The van der Waals surface area contributed by atoms with Gasteiger partial charge in [0.05, 0.1) is 5.39 Å². The van der Waals surface area contributed by atoms with E-state index in [9.17, 15) is 0 Å². The van der Waals surface area contributed by atoms with Crippen molar-refractivity contribution in [2.45, 2.75) is 34.1 Å². The minimum absolute atomic E-state index is 0.724. The van der Waals surface area contributed by atoms with Crippen molar-refractivity contribution in [1.82, 2.24) is 9.97 Å². The van der Waals surface area contributed by atoms with Crippen LogP contribution >= 0.6 is 11.3 Å². The average molecular weight is 304 g/mol. The molecule has 3 rings (SSSR count). The molecule has 0 bridgehead atoms. The third kappa shape index (κ3) is 2.84. The Labute approximate surface area is 130 Å². The molecule has 2 unspecified atom stereocenters. The molecule has 114 valence electrons. The van der Waals surface area contributed by atoms with Gasteiger partial charge in [0.25, 0.3) is 0 Å². The first-order valence-electron chi connectivity index (χ1n) is 7.85. The third-order valence-corrected chi connectivity index (χ3v) is 5.26. The fraction of sp³-hybridized carbons (Fsp3) is 0.625. The Morgan fingerprint density at radius 3 is 2.67 bits per heavy atom. The molecule has 21 heavy (non-hydrogen) atoms. The van der Waals surface area contributed by atoms with Crippen LogP contribution in [0, 0.1) is 18.8 Å². The summed E-state index contributed by atoms with van der Waals surface area (Å²) >= 11 is 1.76. The van der Waals surface area contributed by atoms with Crippen LogP contribution in [0.5, 0.6) is 0 Å². The Morgan fingerprint density at radius 1 is 1.29 bits per heavy atom. The van der Waals surface area contributed by atoms with Crippen molar-refractivity contribution in [3.05, 3.63) is 10.9 Å². The maximum Gasteiger partial charge on any atom is 0.226 e. The number of nitrogens with zero attached hydrogens (tertiary/aromatic N) is 3. The van der Waals surface area contributed by atoms with E-state index in [0.717, 1.165) is 54.5 Å². The number of fused-ring (bicyclic) bond motifs is 1. The van der Waals surface area contributed by atoms with Crippen molar-refractivity contribution in [3.8, 4) is 0 Å². The first-order chi connectivity index (χ1) is 10.1. The van der Waals surface area contributed by atoms with Gasteiger partial charge >= 0.3 is 0 Å². The maximum atomic E-state index is 4.81. The lowest BCUT2D eigenvalue weighted by atomic mass is 10.0. The van der Waals surface area contributed by atoms with E-state index in [4.69, 9.17) is 4.98 Å². The van der Waals surface area contributed by atoms with Crippen LogP contribution in [0.4, 0.5) is 11.8 Å². The highest BCUT2D eigenvalue weighted by atomic mass is 32.1. The molecular weight excluding hydrogens is 280 g/mol. The minimum atomic E-state index is 0.724. The summed E-state index contributed by atoms with van der Waals surface area (Å²) < 4.78 is 0. The van der Waals surface area contributed by atoms with Gasteiger partial charge in [0, 0.05) is 24.5 Å². The van der Waals surface area contributed by atoms with E-state index in [0.29, 0.717) is 0 Å². The molecule has 0 spiro atoms. The Morgan fingerprint density at radius 2 is 2.00 bits per heavy atom. The molecule has 0 radical (unpaired) electrons. The lowest BCUT2D eigenvalue weighted by Crippen LogP contribution is -2.22. The molecule has 1 saturated heterocycles. The van der Waals surface area contributed by atoms with Gasteiger partial charge < -0.3 is 10.2 Å².